The standard InChI is InChI=1S/C17H18N2OS/c1-2-13(18)12-7-3-5-9-15(12)20-11-17-19-14-8-4-6-10-16(14)21-17/h3-10,13H,2,11,18H2,1H3/t13-/m0/s1. The summed E-state index contributed by atoms with van der Waals surface area (Å²) < 4.78 is 7.13. The number of para-hydroxylation sites is 2. The Morgan fingerprint density at radius 3 is 2.71 bits per heavy atom. The molecule has 0 fully saturated rings. The van der Waals surface area contributed by atoms with E-state index in [0.29, 0.717) is 6.61 Å². The summed E-state index contributed by atoms with van der Waals surface area (Å²) in [5, 5.41) is 0.982. The zero-order valence-electron chi connectivity index (χ0n) is 12.0. The third kappa shape index (κ3) is 3.06. The van der Waals surface area contributed by atoms with Crippen molar-refractivity contribution in [3.8, 4) is 5.75 Å². The maximum Gasteiger partial charge on any atom is 0.140 e. The third-order valence-corrected chi connectivity index (χ3v) is 4.46. The molecule has 0 amide bonds. The first-order chi connectivity index (χ1) is 10.3. The highest BCUT2D eigenvalue weighted by atomic mass is 32.1. The topological polar surface area (TPSA) is 48.1 Å². The van der Waals surface area contributed by atoms with Gasteiger partial charge in [-0.15, -0.1) is 11.3 Å². The van der Waals surface area contributed by atoms with Crippen LogP contribution in [0.2, 0.25) is 0 Å². The van der Waals surface area contributed by atoms with Crippen molar-refractivity contribution in [1.82, 2.24) is 4.98 Å². The lowest BCUT2D eigenvalue weighted by molar-refractivity contribution is 0.300. The van der Waals surface area contributed by atoms with E-state index in [-0.39, 0.29) is 6.04 Å². The fraction of sp³-hybridized carbons (Fsp3) is 0.235. The molecule has 1 heterocycles. The number of hydrogen-bond acceptors (Lipinski definition) is 4. The predicted molar refractivity (Wildman–Crippen MR) is 87.6 cm³/mol. The Kier molecular flexibility index (Phi) is 4.18. The lowest BCUT2D eigenvalue weighted by Gasteiger charge is -2.14. The molecule has 21 heavy (non-hydrogen) atoms. The van der Waals surface area contributed by atoms with Crippen molar-refractivity contribution >= 4 is 21.6 Å². The van der Waals surface area contributed by atoms with E-state index in [4.69, 9.17) is 10.5 Å². The molecule has 108 valence electrons. The Labute approximate surface area is 128 Å². The minimum Gasteiger partial charge on any atom is -0.486 e. The fourth-order valence-electron chi connectivity index (χ4n) is 2.26. The van der Waals surface area contributed by atoms with E-state index < -0.39 is 0 Å². The van der Waals surface area contributed by atoms with E-state index in [1.165, 1.54) is 4.70 Å². The summed E-state index contributed by atoms with van der Waals surface area (Å²) in [5.41, 5.74) is 8.22. The fourth-order valence-corrected chi connectivity index (χ4v) is 3.14. The molecular weight excluding hydrogens is 280 g/mol. The van der Waals surface area contributed by atoms with Gasteiger partial charge >= 0.3 is 0 Å². The monoisotopic (exact) mass is 298 g/mol. The lowest BCUT2D eigenvalue weighted by Crippen LogP contribution is -2.10. The van der Waals surface area contributed by atoms with Crippen LogP contribution in [0.1, 0.15) is 30.0 Å². The van der Waals surface area contributed by atoms with Crippen molar-refractivity contribution in [2.45, 2.75) is 26.0 Å². The molecule has 0 radical (unpaired) electrons. The van der Waals surface area contributed by atoms with Crippen LogP contribution in [0.5, 0.6) is 5.75 Å². The molecule has 0 aliphatic carbocycles. The first-order valence-electron chi connectivity index (χ1n) is 7.09. The van der Waals surface area contributed by atoms with E-state index in [0.717, 1.165) is 28.3 Å². The maximum absolute atomic E-state index is 6.13. The van der Waals surface area contributed by atoms with Gasteiger partial charge in [0.15, 0.2) is 0 Å². The van der Waals surface area contributed by atoms with Gasteiger partial charge in [0.2, 0.25) is 0 Å². The zero-order chi connectivity index (χ0) is 14.7. The van der Waals surface area contributed by atoms with Crippen molar-refractivity contribution < 1.29 is 4.74 Å². The molecule has 0 spiro atoms. The number of ether oxygens (including phenoxy) is 1. The van der Waals surface area contributed by atoms with Crippen LogP contribution in [0.25, 0.3) is 10.2 Å². The van der Waals surface area contributed by atoms with Gasteiger partial charge in [-0.2, -0.15) is 0 Å². The molecule has 1 atom stereocenters. The Hall–Kier alpha value is -1.91. The Bertz CT molecular complexity index is 705. The van der Waals surface area contributed by atoms with E-state index in [1.54, 1.807) is 11.3 Å². The van der Waals surface area contributed by atoms with E-state index >= 15 is 0 Å². The molecule has 0 aliphatic rings. The van der Waals surface area contributed by atoms with Crippen LogP contribution in [-0.4, -0.2) is 4.98 Å². The summed E-state index contributed by atoms with van der Waals surface area (Å²) in [5.74, 6) is 0.853. The van der Waals surface area contributed by atoms with Gasteiger partial charge in [0.25, 0.3) is 0 Å². The summed E-state index contributed by atoms with van der Waals surface area (Å²) in [4.78, 5) is 4.58. The molecule has 3 nitrogen and oxygen atoms in total. The lowest BCUT2D eigenvalue weighted by atomic mass is 10.0. The van der Waals surface area contributed by atoms with Crippen molar-refractivity contribution in [3.05, 3.63) is 59.1 Å². The number of thiazole rings is 1. The van der Waals surface area contributed by atoms with Gasteiger partial charge in [-0.05, 0) is 24.6 Å². The van der Waals surface area contributed by atoms with Crippen molar-refractivity contribution in [3.63, 3.8) is 0 Å². The minimum absolute atomic E-state index is 0.0107. The molecule has 0 bridgehead atoms. The average Bonchev–Trinajstić information content (AvgIpc) is 2.95. The smallest absolute Gasteiger partial charge is 0.140 e. The van der Waals surface area contributed by atoms with E-state index in [1.807, 2.05) is 42.5 Å². The molecule has 1 aromatic heterocycles. The second-order valence-corrected chi connectivity index (χ2v) is 6.03. The van der Waals surface area contributed by atoms with Crippen LogP contribution in [-0.2, 0) is 6.61 Å². The number of aromatic nitrogens is 1. The number of hydrogen-bond donors (Lipinski definition) is 1. The number of fused-ring (bicyclic) bond motifs is 1. The van der Waals surface area contributed by atoms with Crippen molar-refractivity contribution in [1.29, 1.82) is 0 Å². The number of nitrogens with two attached hydrogens (primary N) is 1. The summed E-state index contributed by atoms with van der Waals surface area (Å²) in [6.07, 6.45) is 0.890. The molecule has 3 aromatic rings. The van der Waals surface area contributed by atoms with Gasteiger partial charge < -0.3 is 10.5 Å². The Morgan fingerprint density at radius 1 is 1.14 bits per heavy atom. The van der Waals surface area contributed by atoms with Crippen molar-refractivity contribution in [2.24, 2.45) is 5.73 Å². The molecule has 3 rings (SSSR count). The van der Waals surface area contributed by atoms with Crippen LogP contribution in [0.3, 0.4) is 0 Å². The average molecular weight is 298 g/mol. The van der Waals surface area contributed by atoms with Crippen LogP contribution in [0.15, 0.2) is 48.5 Å². The van der Waals surface area contributed by atoms with Gasteiger partial charge in [0, 0.05) is 11.6 Å². The highest BCUT2D eigenvalue weighted by molar-refractivity contribution is 7.18. The number of rotatable bonds is 5. The largest absolute Gasteiger partial charge is 0.486 e. The molecule has 2 aromatic carbocycles. The first-order valence-corrected chi connectivity index (χ1v) is 7.91. The SMILES string of the molecule is CC[C@H](N)c1ccccc1OCc1nc2ccccc2s1. The van der Waals surface area contributed by atoms with Gasteiger partial charge in [-0.25, -0.2) is 4.98 Å². The summed E-state index contributed by atoms with van der Waals surface area (Å²) >= 11 is 1.67. The number of benzene rings is 2. The second kappa shape index (κ2) is 6.24. The van der Waals surface area contributed by atoms with Crippen molar-refractivity contribution in [2.75, 3.05) is 0 Å². The summed E-state index contributed by atoms with van der Waals surface area (Å²) in [6.45, 7) is 2.56. The second-order valence-electron chi connectivity index (χ2n) is 4.92. The molecule has 2 N–H and O–H groups in total. The molecular formula is C17H18N2OS. The summed E-state index contributed by atoms with van der Waals surface area (Å²) in [6, 6.07) is 16.1. The van der Waals surface area contributed by atoms with Gasteiger partial charge in [0.05, 0.1) is 10.2 Å². The molecule has 0 unspecified atom stereocenters. The van der Waals surface area contributed by atoms with Crippen LogP contribution in [0.4, 0.5) is 0 Å². The third-order valence-electron chi connectivity index (χ3n) is 3.45. The minimum atomic E-state index is 0.0107. The quantitative estimate of drug-likeness (QED) is 0.764. The maximum atomic E-state index is 6.13. The molecule has 4 heteroatoms. The van der Waals surface area contributed by atoms with Gasteiger partial charge in [0.1, 0.15) is 17.4 Å². The van der Waals surface area contributed by atoms with Crippen LogP contribution < -0.4 is 10.5 Å². The van der Waals surface area contributed by atoms with Crippen LogP contribution >= 0.6 is 11.3 Å². The highest BCUT2D eigenvalue weighted by Gasteiger charge is 2.11. The molecule has 0 aliphatic heterocycles. The van der Waals surface area contributed by atoms with Gasteiger partial charge in [-0.3, -0.25) is 0 Å². The van der Waals surface area contributed by atoms with E-state index in [2.05, 4.69) is 18.0 Å². The van der Waals surface area contributed by atoms with Crippen LogP contribution in [0, 0.1) is 0 Å². The number of nitrogens with zero attached hydrogens (tertiary/aromatic N) is 1. The predicted octanol–water partition coefficient (Wildman–Crippen LogP) is 4.29. The zero-order valence-corrected chi connectivity index (χ0v) is 12.8. The first kappa shape index (κ1) is 14.0. The van der Waals surface area contributed by atoms with E-state index in [9.17, 15) is 0 Å². The Balaban J connectivity index is 1.78. The molecule has 0 saturated heterocycles. The van der Waals surface area contributed by atoms with Gasteiger partial charge in [-0.1, -0.05) is 37.3 Å². The molecule has 0 saturated carbocycles. The Morgan fingerprint density at radius 2 is 1.90 bits per heavy atom. The normalized spacial score (nSPS) is 12.5. The highest BCUT2D eigenvalue weighted by Crippen LogP contribution is 2.27. The summed E-state index contributed by atoms with van der Waals surface area (Å²) in [7, 11) is 0.